The van der Waals surface area contributed by atoms with Crippen LogP contribution in [0.5, 0.6) is 0 Å². The third-order valence-electron chi connectivity index (χ3n) is 2.40. The van der Waals surface area contributed by atoms with Crippen molar-refractivity contribution in [3.05, 3.63) is 36.8 Å². The summed E-state index contributed by atoms with van der Waals surface area (Å²) in [6.45, 7) is 6.81. The Kier molecular flexibility index (Phi) is 9.01. The van der Waals surface area contributed by atoms with Crippen LogP contribution in [0.25, 0.3) is 0 Å². The summed E-state index contributed by atoms with van der Waals surface area (Å²) in [7, 11) is 0. The van der Waals surface area contributed by atoms with Crippen molar-refractivity contribution in [2.75, 3.05) is 32.9 Å². The Hall–Kier alpha value is -1.14. The van der Waals surface area contributed by atoms with Gasteiger partial charge in [0.1, 0.15) is 12.4 Å². The van der Waals surface area contributed by atoms with Gasteiger partial charge in [0, 0.05) is 13.1 Å². The van der Waals surface area contributed by atoms with Crippen LogP contribution in [0.3, 0.4) is 0 Å². The van der Waals surface area contributed by atoms with Crippen molar-refractivity contribution in [3.63, 3.8) is 0 Å². The Labute approximate surface area is 114 Å². The van der Waals surface area contributed by atoms with Gasteiger partial charge >= 0.3 is 0 Å². The second kappa shape index (κ2) is 10.8. The number of ether oxygens (including phenoxy) is 2. The van der Waals surface area contributed by atoms with Gasteiger partial charge in [-0.1, -0.05) is 6.08 Å². The van der Waals surface area contributed by atoms with Crippen molar-refractivity contribution >= 4 is 0 Å². The van der Waals surface area contributed by atoms with Crippen LogP contribution in [0, 0.1) is 0 Å². The van der Waals surface area contributed by atoms with Gasteiger partial charge < -0.3 is 24.3 Å². The number of hydrogen-bond donors (Lipinski definition) is 2. The fraction of sp³-hybridized carbons (Fsp3) is 0.571. The molecule has 1 unspecified atom stereocenters. The van der Waals surface area contributed by atoms with Crippen LogP contribution in [0.15, 0.2) is 35.5 Å². The third-order valence-corrected chi connectivity index (χ3v) is 2.40. The van der Waals surface area contributed by atoms with Gasteiger partial charge in [0.2, 0.25) is 0 Å². The summed E-state index contributed by atoms with van der Waals surface area (Å²) in [6.07, 6.45) is 3.77. The summed E-state index contributed by atoms with van der Waals surface area (Å²) in [5, 5.41) is 12.7. The van der Waals surface area contributed by atoms with E-state index in [0.29, 0.717) is 32.9 Å². The zero-order valence-corrected chi connectivity index (χ0v) is 11.2. The second-order valence-corrected chi connectivity index (χ2v) is 4.14. The summed E-state index contributed by atoms with van der Waals surface area (Å²) in [5.74, 6) is 0.760. The van der Waals surface area contributed by atoms with Crippen LogP contribution in [0.2, 0.25) is 0 Å². The topological polar surface area (TPSA) is 63.9 Å². The Morgan fingerprint density at radius 3 is 3.05 bits per heavy atom. The second-order valence-electron chi connectivity index (χ2n) is 4.14. The highest BCUT2D eigenvalue weighted by atomic mass is 16.5. The molecule has 0 aliphatic heterocycles. The average Bonchev–Trinajstić information content (AvgIpc) is 2.91. The number of hydrogen-bond acceptors (Lipinski definition) is 5. The van der Waals surface area contributed by atoms with E-state index in [0.717, 1.165) is 12.2 Å². The third kappa shape index (κ3) is 8.56. The first kappa shape index (κ1) is 15.9. The zero-order valence-electron chi connectivity index (χ0n) is 11.2. The molecule has 1 aromatic rings. The quantitative estimate of drug-likeness (QED) is 0.443. The van der Waals surface area contributed by atoms with Crippen LogP contribution in [0.4, 0.5) is 0 Å². The molecular weight excluding hydrogens is 246 g/mol. The predicted molar refractivity (Wildman–Crippen MR) is 72.9 cm³/mol. The van der Waals surface area contributed by atoms with Crippen LogP contribution < -0.4 is 5.32 Å². The van der Waals surface area contributed by atoms with E-state index < -0.39 is 6.10 Å². The minimum atomic E-state index is -0.525. The lowest BCUT2D eigenvalue weighted by Gasteiger charge is -2.12. The van der Waals surface area contributed by atoms with E-state index in [4.69, 9.17) is 13.9 Å². The highest BCUT2D eigenvalue weighted by Gasteiger charge is 2.04. The normalized spacial score (nSPS) is 12.5. The first-order valence-electron chi connectivity index (χ1n) is 6.50. The maximum atomic E-state index is 9.65. The summed E-state index contributed by atoms with van der Waals surface area (Å²) >= 11 is 0. The molecule has 1 atom stereocenters. The van der Waals surface area contributed by atoms with Gasteiger partial charge in [0.05, 0.1) is 32.2 Å². The Morgan fingerprint density at radius 1 is 1.42 bits per heavy atom. The van der Waals surface area contributed by atoms with Crippen molar-refractivity contribution in [1.29, 1.82) is 0 Å². The fourth-order valence-corrected chi connectivity index (χ4v) is 1.43. The molecule has 5 nitrogen and oxygen atoms in total. The summed E-state index contributed by atoms with van der Waals surface area (Å²) in [5.41, 5.74) is 0. The fourth-order valence-electron chi connectivity index (χ4n) is 1.43. The molecule has 0 saturated carbocycles. The summed E-state index contributed by atoms with van der Waals surface area (Å²) < 4.78 is 15.8. The van der Waals surface area contributed by atoms with Crippen LogP contribution in [-0.2, 0) is 16.1 Å². The molecule has 0 bridgehead atoms. The van der Waals surface area contributed by atoms with Crippen LogP contribution >= 0.6 is 0 Å². The Balaban J connectivity index is 1.87. The van der Waals surface area contributed by atoms with Crippen molar-refractivity contribution < 1.29 is 19.0 Å². The molecule has 1 rings (SSSR count). The summed E-state index contributed by atoms with van der Waals surface area (Å²) in [4.78, 5) is 0. The monoisotopic (exact) mass is 269 g/mol. The molecule has 5 heteroatoms. The van der Waals surface area contributed by atoms with E-state index in [-0.39, 0.29) is 6.61 Å². The highest BCUT2D eigenvalue weighted by molar-refractivity contribution is 4.96. The molecule has 108 valence electrons. The molecule has 1 heterocycles. The number of rotatable bonds is 12. The first-order chi connectivity index (χ1) is 9.33. The van der Waals surface area contributed by atoms with E-state index in [9.17, 15) is 5.11 Å². The number of furan rings is 1. The van der Waals surface area contributed by atoms with Crippen LogP contribution in [-0.4, -0.2) is 44.1 Å². The smallest absolute Gasteiger partial charge is 0.129 e. The molecule has 0 aliphatic carbocycles. The molecule has 0 fully saturated rings. The summed E-state index contributed by atoms with van der Waals surface area (Å²) in [6, 6.07) is 3.65. The lowest BCUT2D eigenvalue weighted by molar-refractivity contribution is 0.0218. The molecule has 0 spiro atoms. The van der Waals surface area contributed by atoms with E-state index in [1.165, 1.54) is 0 Å². The van der Waals surface area contributed by atoms with Crippen molar-refractivity contribution in [2.45, 2.75) is 19.1 Å². The first-order valence-corrected chi connectivity index (χ1v) is 6.50. The lowest BCUT2D eigenvalue weighted by Crippen LogP contribution is -2.32. The van der Waals surface area contributed by atoms with Crippen molar-refractivity contribution in [2.24, 2.45) is 0 Å². The zero-order chi connectivity index (χ0) is 13.8. The molecular formula is C14H23NO4. The maximum absolute atomic E-state index is 9.65. The van der Waals surface area contributed by atoms with Crippen molar-refractivity contribution in [1.82, 2.24) is 5.32 Å². The van der Waals surface area contributed by atoms with Gasteiger partial charge in [-0.3, -0.25) is 0 Å². The Morgan fingerprint density at radius 2 is 2.32 bits per heavy atom. The minimum absolute atomic E-state index is 0.283. The van der Waals surface area contributed by atoms with Gasteiger partial charge in [-0.15, -0.1) is 6.58 Å². The predicted octanol–water partition coefficient (Wildman–Crippen LogP) is 1.34. The van der Waals surface area contributed by atoms with Crippen molar-refractivity contribution in [3.8, 4) is 0 Å². The minimum Gasteiger partial charge on any atom is -0.467 e. The highest BCUT2D eigenvalue weighted by Crippen LogP contribution is 2.01. The lowest BCUT2D eigenvalue weighted by atomic mass is 10.3. The standard InChI is InChI=1S/C14H23NO4/c1-2-3-7-17-9-6-15-10-13(16)11-18-12-14-5-4-8-19-14/h2,4-5,8,13,15-16H,1,3,6-7,9-12H2. The molecule has 19 heavy (non-hydrogen) atoms. The molecule has 0 amide bonds. The van der Waals surface area contributed by atoms with Gasteiger partial charge in [-0.05, 0) is 18.6 Å². The number of nitrogens with one attached hydrogen (secondary N) is 1. The molecule has 0 aromatic carbocycles. The average molecular weight is 269 g/mol. The molecule has 1 aromatic heterocycles. The molecule has 0 saturated heterocycles. The molecule has 0 aliphatic rings. The SMILES string of the molecule is C=CCCOCCNCC(O)COCc1ccco1. The largest absolute Gasteiger partial charge is 0.467 e. The number of aliphatic hydroxyl groups is 1. The van der Waals surface area contributed by atoms with E-state index in [2.05, 4.69) is 11.9 Å². The van der Waals surface area contributed by atoms with Gasteiger partial charge in [0.25, 0.3) is 0 Å². The van der Waals surface area contributed by atoms with E-state index in [1.54, 1.807) is 6.26 Å². The van der Waals surface area contributed by atoms with Crippen LogP contribution in [0.1, 0.15) is 12.2 Å². The van der Waals surface area contributed by atoms with Gasteiger partial charge in [-0.25, -0.2) is 0 Å². The Bertz CT molecular complexity index is 313. The number of aliphatic hydroxyl groups excluding tert-OH is 1. The van der Waals surface area contributed by atoms with Gasteiger partial charge in [-0.2, -0.15) is 0 Å². The molecule has 0 radical (unpaired) electrons. The van der Waals surface area contributed by atoms with E-state index in [1.807, 2.05) is 18.2 Å². The van der Waals surface area contributed by atoms with E-state index >= 15 is 0 Å². The maximum Gasteiger partial charge on any atom is 0.129 e. The van der Waals surface area contributed by atoms with Gasteiger partial charge in [0.15, 0.2) is 0 Å². The molecule has 2 N–H and O–H groups in total.